The third kappa shape index (κ3) is 4.92. The third-order valence-corrected chi connectivity index (χ3v) is 3.98. The van der Waals surface area contributed by atoms with Crippen molar-refractivity contribution >= 4 is 0 Å². The quantitative estimate of drug-likeness (QED) is 0.743. The molecule has 1 aliphatic rings. The minimum atomic E-state index is -0.365. The van der Waals surface area contributed by atoms with Crippen LogP contribution in [0.25, 0.3) is 0 Å². The first-order valence-corrected chi connectivity index (χ1v) is 8.35. The molecule has 5 nitrogen and oxygen atoms in total. The molecule has 0 saturated carbocycles. The summed E-state index contributed by atoms with van der Waals surface area (Å²) < 4.78 is 23.3. The number of ether oxygens (including phenoxy) is 3. The molecule has 2 aromatic rings. The fourth-order valence-corrected chi connectivity index (χ4v) is 2.73. The van der Waals surface area contributed by atoms with E-state index in [4.69, 9.17) is 18.6 Å². The van der Waals surface area contributed by atoms with E-state index in [1.165, 1.54) is 5.56 Å². The molecule has 0 aliphatic carbocycles. The highest BCUT2D eigenvalue weighted by molar-refractivity contribution is 5.15. The van der Waals surface area contributed by atoms with Crippen LogP contribution in [0.1, 0.15) is 23.8 Å². The maximum absolute atomic E-state index is 6.11. The van der Waals surface area contributed by atoms with E-state index in [2.05, 4.69) is 17.0 Å². The number of furan rings is 1. The van der Waals surface area contributed by atoms with Crippen LogP contribution >= 0.6 is 0 Å². The van der Waals surface area contributed by atoms with E-state index in [1.807, 2.05) is 44.4 Å². The lowest BCUT2D eigenvalue weighted by molar-refractivity contribution is -0.172. The van der Waals surface area contributed by atoms with Crippen molar-refractivity contribution in [2.45, 2.75) is 31.5 Å². The normalized spacial score (nSPS) is 22.1. The predicted molar refractivity (Wildman–Crippen MR) is 90.5 cm³/mol. The van der Waals surface area contributed by atoms with Gasteiger partial charge in [0, 0.05) is 13.0 Å². The van der Waals surface area contributed by atoms with Gasteiger partial charge in [-0.15, -0.1) is 0 Å². The fourth-order valence-electron chi connectivity index (χ4n) is 2.73. The van der Waals surface area contributed by atoms with Gasteiger partial charge in [-0.1, -0.05) is 30.3 Å². The largest absolute Gasteiger partial charge is 0.467 e. The van der Waals surface area contributed by atoms with Crippen molar-refractivity contribution in [1.82, 2.24) is 4.90 Å². The first kappa shape index (κ1) is 17.2. The minimum Gasteiger partial charge on any atom is -0.467 e. The zero-order valence-electron chi connectivity index (χ0n) is 14.3. The van der Waals surface area contributed by atoms with Crippen LogP contribution < -0.4 is 0 Å². The summed E-state index contributed by atoms with van der Waals surface area (Å²) in [4.78, 5) is 2.13. The second-order valence-electron chi connectivity index (χ2n) is 6.25. The summed E-state index contributed by atoms with van der Waals surface area (Å²) in [6.07, 6.45) is 2.48. The van der Waals surface area contributed by atoms with Crippen LogP contribution in [0.2, 0.25) is 0 Å². The standard InChI is InChI=1S/C19H25NO4/c1-20(2)11-10-17(16-9-6-12-21-16)23-19-14-22-18(24-19)13-15-7-4-3-5-8-15/h3-9,12,17-19H,10-11,13-14H2,1-2H3. The number of benzene rings is 1. The summed E-state index contributed by atoms with van der Waals surface area (Å²) in [7, 11) is 4.09. The summed E-state index contributed by atoms with van der Waals surface area (Å²) >= 11 is 0. The molecule has 0 radical (unpaired) electrons. The number of nitrogens with zero attached hydrogens (tertiary/aromatic N) is 1. The number of hydrogen-bond acceptors (Lipinski definition) is 5. The molecule has 24 heavy (non-hydrogen) atoms. The molecule has 0 N–H and O–H groups in total. The Labute approximate surface area is 143 Å². The second-order valence-corrected chi connectivity index (χ2v) is 6.25. The Morgan fingerprint density at radius 1 is 1.17 bits per heavy atom. The maximum atomic E-state index is 6.11. The summed E-state index contributed by atoms with van der Waals surface area (Å²) in [5, 5.41) is 0. The Morgan fingerprint density at radius 2 is 2.00 bits per heavy atom. The highest BCUT2D eigenvalue weighted by Gasteiger charge is 2.30. The van der Waals surface area contributed by atoms with Crippen molar-refractivity contribution in [2.24, 2.45) is 0 Å². The molecule has 130 valence electrons. The van der Waals surface area contributed by atoms with Gasteiger partial charge in [0.05, 0.1) is 6.26 Å². The van der Waals surface area contributed by atoms with Crippen molar-refractivity contribution in [3.8, 4) is 0 Å². The molecule has 0 spiro atoms. The zero-order chi connectivity index (χ0) is 16.8. The molecule has 0 bridgehead atoms. The molecular weight excluding hydrogens is 306 g/mol. The molecular formula is C19H25NO4. The predicted octanol–water partition coefficient (Wildman–Crippen LogP) is 3.23. The molecule has 1 aliphatic heterocycles. The molecule has 5 heteroatoms. The summed E-state index contributed by atoms with van der Waals surface area (Å²) in [6, 6.07) is 14.0. The van der Waals surface area contributed by atoms with Gasteiger partial charge in [0.2, 0.25) is 0 Å². The summed E-state index contributed by atoms with van der Waals surface area (Å²) in [5.41, 5.74) is 1.19. The van der Waals surface area contributed by atoms with Gasteiger partial charge in [0.15, 0.2) is 12.6 Å². The van der Waals surface area contributed by atoms with Crippen LogP contribution in [0.4, 0.5) is 0 Å². The Balaban J connectivity index is 1.53. The Morgan fingerprint density at radius 3 is 2.71 bits per heavy atom. The van der Waals surface area contributed by atoms with E-state index in [-0.39, 0.29) is 18.7 Å². The topological polar surface area (TPSA) is 44.1 Å². The summed E-state index contributed by atoms with van der Waals surface area (Å²) in [5.74, 6) is 0.826. The van der Waals surface area contributed by atoms with Crippen LogP contribution in [0.3, 0.4) is 0 Å². The van der Waals surface area contributed by atoms with E-state index in [0.717, 1.165) is 25.1 Å². The molecule has 3 unspecified atom stereocenters. The second kappa shape index (κ2) is 8.44. The van der Waals surface area contributed by atoms with Gasteiger partial charge < -0.3 is 23.5 Å². The molecule has 3 rings (SSSR count). The van der Waals surface area contributed by atoms with Gasteiger partial charge in [-0.05, 0) is 38.2 Å². The maximum Gasteiger partial charge on any atom is 0.184 e. The number of hydrogen-bond donors (Lipinski definition) is 0. The van der Waals surface area contributed by atoms with Gasteiger partial charge in [-0.3, -0.25) is 0 Å². The first-order chi connectivity index (χ1) is 11.7. The molecule has 0 amide bonds. The Kier molecular flexibility index (Phi) is 6.04. The van der Waals surface area contributed by atoms with Gasteiger partial charge >= 0.3 is 0 Å². The SMILES string of the molecule is CN(C)CCC(OC1COC(Cc2ccccc2)O1)c1ccco1. The Bertz CT molecular complexity index is 585. The minimum absolute atomic E-state index is 0.133. The van der Waals surface area contributed by atoms with Crippen LogP contribution in [-0.2, 0) is 20.6 Å². The molecule has 1 fully saturated rings. The summed E-state index contributed by atoms with van der Waals surface area (Å²) in [6.45, 7) is 1.35. The monoisotopic (exact) mass is 331 g/mol. The van der Waals surface area contributed by atoms with Crippen molar-refractivity contribution in [2.75, 3.05) is 27.2 Å². The van der Waals surface area contributed by atoms with E-state index < -0.39 is 0 Å². The Hall–Kier alpha value is -1.66. The van der Waals surface area contributed by atoms with E-state index in [9.17, 15) is 0 Å². The van der Waals surface area contributed by atoms with Gasteiger partial charge in [-0.2, -0.15) is 0 Å². The third-order valence-electron chi connectivity index (χ3n) is 3.98. The van der Waals surface area contributed by atoms with Crippen LogP contribution in [0.5, 0.6) is 0 Å². The lowest BCUT2D eigenvalue weighted by Gasteiger charge is -2.21. The molecule has 3 atom stereocenters. The molecule has 1 aromatic carbocycles. The lowest BCUT2D eigenvalue weighted by atomic mass is 10.1. The van der Waals surface area contributed by atoms with Crippen LogP contribution in [0.15, 0.2) is 53.1 Å². The van der Waals surface area contributed by atoms with E-state index in [1.54, 1.807) is 6.26 Å². The molecule has 2 heterocycles. The average Bonchev–Trinajstić information content (AvgIpc) is 3.24. The van der Waals surface area contributed by atoms with Gasteiger partial charge in [0.25, 0.3) is 0 Å². The lowest BCUT2D eigenvalue weighted by Crippen LogP contribution is -2.23. The first-order valence-electron chi connectivity index (χ1n) is 8.35. The molecule has 1 saturated heterocycles. The average molecular weight is 331 g/mol. The molecule has 1 aromatic heterocycles. The number of rotatable bonds is 8. The van der Waals surface area contributed by atoms with Gasteiger partial charge in [0.1, 0.15) is 18.5 Å². The van der Waals surface area contributed by atoms with Crippen LogP contribution in [0, 0.1) is 0 Å². The fraction of sp³-hybridized carbons (Fsp3) is 0.474. The van der Waals surface area contributed by atoms with Crippen molar-refractivity contribution in [3.63, 3.8) is 0 Å². The van der Waals surface area contributed by atoms with E-state index >= 15 is 0 Å². The van der Waals surface area contributed by atoms with Crippen LogP contribution in [-0.4, -0.2) is 44.7 Å². The van der Waals surface area contributed by atoms with Crippen molar-refractivity contribution in [3.05, 3.63) is 60.1 Å². The van der Waals surface area contributed by atoms with Crippen molar-refractivity contribution in [1.29, 1.82) is 0 Å². The van der Waals surface area contributed by atoms with E-state index in [0.29, 0.717) is 6.61 Å². The zero-order valence-corrected chi connectivity index (χ0v) is 14.3. The highest BCUT2D eigenvalue weighted by atomic mass is 16.8. The smallest absolute Gasteiger partial charge is 0.184 e. The highest BCUT2D eigenvalue weighted by Crippen LogP contribution is 2.27. The van der Waals surface area contributed by atoms with Gasteiger partial charge in [-0.25, -0.2) is 0 Å². The van der Waals surface area contributed by atoms with Crippen molar-refractivity contribution < 1.29 is 18.6 Å².